The maximum absolute atomic E-state index is 12.0. The van der Waals surface area contributed by atoms with Crippen LogP contribution in [0.2, 0.25) is 0 Å². The second-order valence-corrected chi connectivity index (χ2v) is 11.9. The van der Waals surface area contributed by atoms with E-state index in [-0.39, 0.29) is 30.9 Å². The molecular formula is C35H67N3O9. The lowest BCUT2D eigenvalue weighted by Gasteiger charge is -2.09. The fraction of sp³-hybridized carbons (Fsp3) is 0.886. The van der Waals surface area contributed by atoms with Crippen LogP contribution in [0.4, 0.5) is 0 Å². The van der Waals surface area contributed by atoms with Crippen molar-refractivity contribution in [3.63, 3.8) is 0 Å². The fourth-order valence-electron chi connectivity index (χ4n) is 4.77. The summed E-state index contributed by atoms with van der Waals surface area (Å²) in [6.45, 7) is 5.62. The quantitative estimate of drug-likeness (QED) is 0.0671. The number of carbonyl (C=O) groups is 4. The van der Waals surface area contributed by atoms with Crippen molar-refractivity contribution in [1.82, 2.24) is 16.0 Å². The van der Waals surface area contributed by atoms with Gasteiger partial charge in [0.2, 0.25) is 17.7 Å². The standard InChI is InChI=1S/C35H67N3O9/c1-2-3-18-21-36-33(40)30-46-28-27-45-25-23-38-34(41)31-47-29-26-44-24-22-37-32(39)19-16-14-12-10-8-6-4-5-7-9-11-13-15-17-20-35(42)43/h2-31H2,1H3,(H,36,40)(H,37,39)(H,38,41)(H,42,43). The number of ether oxygens (including phenoxy) is 4. The van der Waals surface area contributed by atoms with Gasteiger partial charge < -0.3 is 40.0 Å². The van der Waals surface area contributed by atoms with Crippen molar-refractivity contribution in [3.8, 4) is 0 Å². The van der Waals surface area contributed by atoms with Gasteiger partial charge in [-0.15, -0.1) is 0 Å². The Kier molecular flexibility index (Phi) is 34.8. The molecule has 0 saturated carbocycles. The molecule has 0 aromatic carbocycles. The van der Waals surface area contributed by atoms with Gasteiger partial charge in [0.25, 0.3) is 0 Å². The zero-order valence-electron chi connectivity index (χ0n) is 29.4. The topological polar surface area (TPSA) is 162 Å². The van der Waals surface area contributed by atoms with E-state index in [0.29, 0.717) is 72.1 Å². The number of unbranched alkanes of at least 4 members (excludes halogenated alkanes) is 15. The summed E-state index contributed by atoms with van der Waals surface area (Å²) in [5, 5.41) is 17.0. The van der Waals surface area contributed by atoms with Crippen LogP contribution in [0, 0.1) is 0 Å². The normalized spacial score (nSPS) is 11.0. The summed E-state index contributed by atoms with van der Waals surface area (Å²) < 4.78 is 21.4. The summed E-state index contributed by atoms with van der Waals surface area (Å²) in [5.41, 5.74) is 0. The molecule has 0 aliphatic heterocycles. The van der Waals surface area contributed by atoms with Crippen molar-refractivity contribution in [3.05, 3.63) is 0 Å². The van der Waals surface area contributed by atoms with E-state index in [2.05, 4.69) is 22.9 Å². The maximum Gasteiger partial charge on any atom is 0.303 e. The zero-order valence-corrected chi connectivity index (χ0v) is 29.4. The molecule has 0 aromatic rings. The number of hydrogen-bond donors (Lipinski definition) is 4. The van der Waals surface area contributed by atoms with Crippen molar-refractivity contribution >= 4 is 23.7 Å². The third kappa shape index (κ3) is 38.1. The number of carboxylic acids is 1. The van der Waals surface area contributed by atoms with Crippen molar-refractivity contribution in [2.45, 2.75) is 129 Å². The average molecular weight is 674 g/mol. The summed E-state index contributed by atoms with van der Waals surface area (Å²) in [4.78, 5) is 45.8. The Hall–Kier alpha value is -2.28. The monoisotopic (exact) mass is 673 g/mol. The second kappa shape index (κ2) is 36.6. The smallest absolute Gasteiger partial charge is 0.303 e. The second-order valence-electron chi connectivity index (χ2n) is 11.9. The first-order valence-electron chi connectivity index (χ1n) is 18.3. The van der Waals surface area contributed by atoms with E-state index in [9.17, 15) is 19.2 Å². The van der Waals surface area contributed by atoms with Gasteiger partial charge in [-0.2, -0.15) is 0 Å². The van der Waals surface area contributed by atoms with E-state index in [1.807, 2.05) is 0 Å². The summed E-state index contributed by atoms with van der Waals surface area (Å²) >= 11 is 0. The molecular weight excluding hydrogens is 606 g/mol. The summed E-state index contributed by atoms with van der Waals surface area (Å²) in [6.07, 6.45) is 20.3. The molecule has 0 unspecified atom stereocenters. The Labute approximate surface area is 284 Å². The molecule has 0 saturated heterocycles. The van der Waals surface area contributed by atoms with Gasteiger partial charge in [-0.3, -0.25) is 19.2 Å². The molecule has 0 heterocycles. The maximum atomic E-state index is 12.0. The first-order valence-corrected chi connectivity index (χ1v) is 18.3. The molecule has 47 heavy (non-hydrogen) atoms. The lowest BCUT2D eigenvalue weighted by atomic mass is 10.0. The number of carbonyl (C=O) groups excluding carboxylic acids is 3. The molecule has 0 aliphatic carbocycles. The number of carboxylic acid groups (broad SMARTS) is 1. The third-order valence-corrected chi connectivity index (χ3v) is 7.49. The summed E-state index contributed by atoms with van der Waals surface area (Å²) in [6, 6.07) is 0. The molecule has 0 bridgehead atoms. The minimum Gasteiger partial charge on any atom is -0.481 e. The van der Waals surface area contributed by atoms with Crippen molar-refractivity contribution in [2.75, 3.05) is 72.5 Å². The van der Waals surface area contributed by atoms with Crippen LogP contribution in [0.3, 0.4) is 0 Å². The first kappa shape index (κ1) is 44.7. The lowest BCUT2D eigenvalue weighted by molar-refractivity contribution is -0.137. The van der Waals surface area contributed by atoms with Crippen LogP contribution in [-0.2, 0) is 38.1 Å². The van der Waals surface area contributed by atoms with Gasteiger partial charge in [0.05, 0.1) is 39.6 Å². The van der Waals surface area contributed by atoms with Crippen LogP contribution in [-0.4, -0.2) is 101 Å². The highest BCUT2D eigenvalue weighted by Crippen LogP contribution is 2.13. The van der Waals surface area contributed by atoms with Crippen LogP contribution in [0.25, 0.3) is 0 Å². The highest BCUT2D eigenvalue weighted by atomic mass is 16.5. The van der Waals surface area contributed by atoms with Crippen LogP contribution in [0.1, 0.15) is 129 Å². The van der Waals surface area contributed by atoms with Gasteiger partial charge in [-0.25, -0.2) is 0 Å². The van der Waals surface area contributed by atoms with E-state index in [1.54, 1.807) is 0 Å². The van der Waals surface area contributed by atoms with Gasteiger partial charge in [0.1, 0.15) is 13.2 Å². The van der Waals surface area contributed by atoms with Crippen LogP contribution in [0.5, 0.6) is 0 Å². The molecule has 0 spiro atoms. The number of nitrogens with one attached hydrogen (secondary N) is 3. The van der Waals surface area contributed by atoms with Crippen LogP contribution >= 0.6 is 0 Å². The molecule has 0 aliphatic rings. The number of hydrogen-bond acceptors (Lipinski definition) is 8. The van der Waals surface area contributed by atoms with Crippen molar-refractivity contribution in [1.29, 1.82) is 0 Å². The molecule has 0 rings (SSSR count). The molecule has 4 N–H and O–H groups in total. The molecule has 0 radical (unpaired) electrons. The van der Waals surface area contributed by atoms with Gasteiger partial charge in [-0.05, 0) is 19.3 Å². The highest BCUT2D eigenvalue weighted by Gasteiger charge is 2.04. The van der Waals surface area contributed by atoms with E-state index in [0.717, 1.165) is 51.4 Å². The third-order valence-electron chi connectivity index (χ3n) is 7.49. The van der Waals surface area contributed by atoms with Gasteiger partial charge in [0, 0.05) is 32.5 Å². The van der Waals surface area contributed by atoms with Crippen molar-refractivity contribution in [2.24, 2.45) is 0 Å². The minimum atomic E-state index is -0.689. The Morgan fingerprint density at radius 2 is 0.809 bits per heavy atom. The highest BCUT2D eigenvalue weighted by molar-refractivity contribution is 5.77. The summed E-state index contributed by atoms with van der Waals surface area (Å²) in [7, 11) is 0. The van der Waals surface area contributed by atoms with E-state index >= 15 is 0 Å². The largest absolute Gasteiger partial charge is 0.481 e. The minimum absolute atomic E-state index is 0.0218. The van der Waals surface area contributed by atoms with Crippen LogP contribution in [0.15, 0.2) is 0 Å². The van der Waals surface area contributed by atoms with E-state index in [1.165, 1.54) is 57.8 Å². The fourth-order valence-corrected chi connectivity index (χ4v) is 4.77. The molecule has 0 aromatic heterocycles. The van der Waals surface area contributed by atoms with E-state index < -0.39 is 5.97 Å². The molecule has 0 atom stereocenters. The molecule has 276 valence electrons. The predicted octanol–water partition coefficient (Wildman–Crippen LogP) is 4.92. The molecule has 12 nitrogen and oxygen atoms in total. The number of amides is 3. The summed E-state index contributed by atoms with van der Waals surface area (Å²) in [5.74, 6) is -0.988. The Morgan fingerprint density at radius 1 is 0.426 bits per heavy atom. The lowest BCUT2D eigenvalue weighted by Crippen LogP contribution is -2.31. The predicted molar refractivity (Wildman–Crippen MR) is 183 cm³/mol. The first-order chi connectivity index (χ1) is 23.0. The number of aliphatic carboxylic acids is 1. The molecule has 12 heteroatoms. The number of rotatable bonds is 37. The Balaban J connectivity index is 3.29. The van der Waals surface area contributed by atoms with Gasteiger partial charge in [0.15, 0.2) is 0 Å². The van der Waals surface area contributed by atoms with Crippen molar-refractivity contribution < 1.29 is 43.2 Å². The average Bonchev–Trinajstić information content (AvgIpc) is 3.05. The van der Waals surface area contributed by atoms with Crippen LogP contribution < -0.4 is 16.0 Å². The van der Waals surface area contributed by atoms with E-state index in [4.69, 9.17) is 24.1 Å². The van der Waals surface area contributed by atoms with Gasteiger partial charge in [-0.1, -0.05) is 96.8 Å². The SMILES string of the molecule is CCCCCNC(=O)COCCOCCNC(=O)COCCOCCNC(=O)CCCCCCCCCCCCCCCCC(=O)O. The Bertz CT molecular complexity index is 756. The molecule has 0 fully saturated rings. The Morgan fingerprint density at radius 3 is 1.26 bits per heavy atom. The zero-order chi connectivity index (χ0) is 34.5. The van der Waals surface area contributed by atoms with Gasteiger partial charge >= 0.3 is 5.97 Å². The molecule has 3 amide bonds.